The Labute approximate surface area is 115 Å². The van der Waals surface area contributed by atoms with Crippen LogP contribution in [-0.2, 0) is 14.8 Å². The first-order chi connectivity index (χ1) is 8.85. The van der Waals surface area contributed by atoms with Crippen LogP contribution in [0.4, 0.5) is 0 Å². The average Bonchev–Trinajstić information content (AvgIpc) is 2.25. The molecule has 0 spiro atoms. The number of nitrogens with one attached hydrogen (secondary N) is 1. The molecule has 1 aromatic heterocycles. The Hall–Kier alpha value is -1.18. The molecule has 2 N–H and O–H groups in total. The molecule has 1 aromatic rings. The molecular formula is C11H13ClN2O4S. The first-order valence-corrected chi connectivity index (χ1v) is 7.57. The van der Waals surface area contributed by atoms with E-state index in [0.717, 1.165) is 6.42 Å². The summed E-state index contributed by atoms with van der Waals surface area (Å²) in [5.41, 5.74) is -0.899. The number of aromatic nitrogens is 1. The van der Waals surface area contributed by atoms with E-state index >= 15 is 0 Å². The van der Waals surface area contributed by atoms with Crippen LogP contribution in [0.15, 0.2) is 23.2 Å². The first kappa shape index (κ1) is 14.2. The minimum atomic E-state index is -3.86. The number of sulfonamides is 1. The molecule has 0 amide bonds. The largest absolute Gasteiger partial charge is 0.481 e. The van der Waals surface area contributed by atoms with Gasteiger partial charge in [0, 0.05) is 11.7 Å². The molecule has 1 aliphatic carbocycles. The first-order valence-electron chi connectivity index (χ1n) is 5.71. The van der Waals surface area contributed by atoms with E-state index in [9.17, 15) is 13.2 Å². The Morgan fingerprint density at radius 1 is 1.53 bits per heavy atom. The van der Waals surface area contributed by atoms with E-state index in [1.54, 1.807) is 0 Å². The lowest BCUT2D eigenvalue weighted by Crippen LogP contribution is -2.54. The fourth-order valence-electron chi connectivity index (χ4n) is 2.12. The van der Waals surface area contributed by atoms with E-state index in [1.165, 1.54) is 18.3 Å². The highest BCUT2D eigenvalue weighted by Crippen LogP contribution is 2.36. The van der Waals surface area contributed by atoms with Crippen molar-refractivity contribution in [3.63, 3.8) is 0 Å². The third-order valence-electron chi connectivity index (χ3n) is 3.17. The standard InChI is InChI=1S/C11H13ClN2O4S/c12-10-8(3-1-6-13-10)19(17,18)14-11(4-2-5-11)7-9(15)16/h1,3,6,14H,2,4-5,7H2,(H,15,16). The van der Waals surface area contributed by atoms with Crippen LogP contribution in [-0.4, -0.2) is 30.0 Å². The maximum atomic E-state index is 12.2. The summed E-state index contributed by atoms with van der Waals surface area (Å²) in [5, 5.41) is 8.74. The predicted octanol–water partition coefficient (Wildman–Crippen LogP) is 1.41. The number of carboxylic acids is 1. The van der Waals surface area contributed by atoms with Crippen LogP contribution < -0.4 is 4.72 Å². The molecule has 19 heavy (non-hydrogen) atoms. The number of halogens is 1. The molecular weight excluding hydrogens is 292 g/mol. The zero-order valence-corrected chi connectivity index (χ0v) is 11.5. The van der Waals surface area contributed by atoms with Gasteiger partial charge in [-0.15, -0.1) is 0 Å². The fraction of sp³-hybridized carbons (Fsp3) is 0.455. The average molecular weight is 305 g/mol. The van der Waals surface area contributed by atoms with Gasteiger partial charge in [-0.25, -0.2) is 18.1 Å². The molecule has 1 aliphatic rings. The lowest BCUT2D eigenvalue weighted by atomic mass is 9.75. The zero-order valence-electron chi connectivity index (χ0n) is 9.97. The van der Waals surface area contributed by atoms with Crippen LogP contribution in [0.5, 0.6) is 0 Å². The number of nitrogens with zero attached hydrogens (tertiary/aromatic N) is 1. The number of carbonyl (C=O) groups is 1. The molecule has 0 bridgehead atoms. The van der Waals surface area contributed by atoms with Crippen LogP contribution in [0, 0.1) is 0 Å². The van der Waals surface area contributed by atoms with Gasteiger partial charge in [0.1, 0.15) is 10.0 Å². The van der Waals surface area contributed by atoms with Crippen molar-refractivity contribution in [2.75, 3.05) is 0 Å². The fourth-order valence-corrected chi connectivity index (χ4v) is 4.03. The molecule has 0 aliphatic heterocycles. The third kappa shape index (κ3) is 3.05. The molecule has 1 heterocycles. The molecule has 1 saturated carbocycles. The van der Waals surface area contributed by atoms with Crippen molar-refractivity contribution < 1.29 is 18.3 Å². The molecule has 2 rings (SSSR count). The number of hydrogen-bond donors (Lipinski definition) is 2. The predicted molar refractivity (Wildman–Crippen MR) is 68.4 cm³/mol. The summed E-state index contributed by atoms with van der Waals surface area (Å²) in [6.07, 6.45) is 2.98. The lowest BCUT2D eigenvalue weighted by Gasteiger charge is -2.40. The van der Waals surface area contributed by atoms with Gasteiger partial charge in [-0.1, -0.05) is 11.6 Å². The molecule has 1 fully saturated rings. The summed E-state index contributed by atoms with van der Waals surface area (Å²) in [6, 6.07) is 2.80. The summed E-state index contributed by atoms with van der Waals surface area (Å²) >= 11 is 5.76. The van der Waals surface area contributed by atoms with Gasteiger partial charge in [-0.2, -0.15) is 0 Å². The quantitative estimate of drug-likeness (QED) is 0.802. The van der Waals surface area contributed by atoms with Crippen molar-refractivity contribution in [1.29, 1.82) is 0 Å². The number of aliphatic carboxylic acids is 1. The second-order valence-corrected chi connectivity index (χ2v) is 6.61. The number of rotatable bonds is 5. The van der Waals surface area contributed by atoms with Crippen molar-refractivity contribution in [3.05, 3.63) is 23.5 Å². The monoisotopic (exact) mass is 304 g/mol. The van der Waals surface area contributed by atoms with E-state index in [1.807, 2.05) is 0 Å². The summed E-state index contributed by atoms with van der Waals surface area (Å²) in [4.78, 5) is 14.4. The molecule has 104 valence electrons. The zero-order chi connectivity index (χ0) is 14.1. The maximum absolute atomic E-state index is 12.2. The van der Waals surface area contributed by atoms with Gasteiger partial charge in [-0.05, 0) is 31.4 Å². The topological polar surface area (TPSA) is 96.4 Å². The summed E-state index contributed by atoms with van der Waals surface area (Å²) in [5.74, 6) is -1.03. The number of pyridine rings is 1. The molecule has 0 unspecified atom stereocenters. The smallest absolute Gasteiger partial charge is 0.305 e. The van der Waals surface area contributed by atoms with Crippen LogP contribution in [0.2, 0.25) is 5.15 Å². The van der Waals surface area contributed by atoms with Gasteiger partial charge in [0.2, 0.25) is 10.0 Å². The lowest BCUT2D eigenvalue weighted by molar-refractivity contribution is -0.139. The van der Waals surface area contributed by atoms with Crippen LogP contribution in [0.25, 0.3) is 0 Å². The van der Waals surface area contributed by atoms with Crippen molar-refractivity contribution in [1.82, 2.24) is 9.71 Å². The molecule has 0 radical (unpaired) electrons. The summed E-state index contributed by atoms with van der Waals surface area (Å²) in [6.45, 7) is 0. The van der Waals surface area contributed by atoms with Crippen molar-refractivity contribution in [3.8, 4) is 0 Å². The molecule has 0 aromatic carbocycles. The minimum absolute atomic E-state index is 0.125. The summed E-state index contributed by atoms with van der Waals surface area (Å²) < 4.78 is 26.9. The molecule has 0 saturated heterocycles. The Kier molecular flexibility index (Phi) is 3.80. The van der Waals surface area contributed by atoms with Gasteiger partial charge in [0.25, 0.3) is 0 Å². The highest BCUT2D eigenvalue weighted by atomic mass is 35.5. The number of carboxylic acid groups (broad SMARTS) is 1. The third-order valence-corrected chi connectivity index (χ3v) is 5.19. The Morgan fingerprint density at radius 2 is 2.21 bits per heavy atom. The normalized spacial score (nSPS) is 17.7. The molecule has 6 nitrogen and oxygen atoms in total. The second kappa shape index (κ2) is 5.07. The van der Waals surface area contributed by atoms with Gasteiger partial charge in [0.05, 0.1) is 6.42 Å². The van der Waals surface area contributed by atoms with E-state index in [2.05, 4.69) is 9.71 Å². The van der Waals surface area contributed by atoms with Crippen molar-refractivity contribution in [2.24, 2.45) is 0 Å². The molecule has 0 atom stereocenters. The van der Waals surface area contributed by atoms with Crippen molar-refractivity contribution in [2.45, 2.75) is 36.1 Å². The van der Waals surface area contributed by atoms with Crippen molar-refractivity contribution >= 4 is 27.6 Å². The molecule has 8 heteroatoms. The van der Waals surface area contributed by atoms with E-state index in [4.69, 9.17) is 16.7 Å². The summed E-state index contributed by atoms with van der Waals surface area (Å²) in [7, 11) is -3.86. The SMILES string of the molecule is O=C(O)CC1(NS(=O)(=O)c2cccnc2Cl)CCC1. The van der Waals surface area contributed by atoms with E-state index in [0.29, 0.717) is 12.8 Å². The number of hydrogen-bond acceptors (Lipinski definition) is 4. The van der Waals surface area contributed by atoms with Gasteiger partial charge in [0.15, 0.2) is 0 Å². The highest BCUT2D eigenvalue weighted by molar-refractivity contribution is 7.89. The Balaban J connectivity index is 2.26. The maximum Gasteiger partial charge on any atom is 0.305 e. The van der Waals surface area contributed by atoms with Gasteiger partial charge in [-0.3, -0.25) is 4.79 Å². The van der Waals surface area contributed by atoms with E-state index < -0.39 is 21.5 Å². The minimum Gasteiger partial charge on any atom is -0.481 e. The highest BCUT2D eigenvalue weighted by Gasteiger charge is 2.42. The Bertz CT molecular complexity index is 598. The van der Waals surface area contributed by atoms with Crippen LogP contribution >= 0.6 is 11.6 Å². The van der Waals surface area contributed by atoms with Crippen LogP contribution in [0.1, 0.15) is 25.7 Å². The Morgan fingerprint density at radius 3 is 2.68 bits per heavy atom. The van der Waals surface area contributed by atoms with Crippen LogP contribution in [0.3, 0.4) is 0 Å². The van der Waals surface area contributed by atoms with Gasteiger partial charge >= 0.3 is 5.97 Å². The second-order valence-electron chi connectivity index (χ2n) is 4.60. The van der Waals surface area contributed by atoms with E-state index in [-0.39, 0.29) is 16.5 Å². The van der Waals surface area contributed by atoms with Gasteiger partial charge < -0.3 is 5.11 Å².